The van der Waals surface area contributed by atoms with Crippen LogP contribution in [0.4, 0.5) is 5.82 Å². The van der Waals surface area contributed by atoms with Crippen molar-refractivity contribution in [3.05, 3.63) is 11.3 Å². The highest BCUT2D eigenvalue weighted by molar-refractivity contribution is 7.80. The third-order valence-corrected chi connectivity index (χ3v) is 4.76. The molecule has 0 aliphatic carbocycles. The largest absolute Gasteiger partial charge is 0.389 e. The number of nitrogens with zero attached hydrogens (tertiary/aromatic N) is 4. The Labute approximate surface area is 125 Å². The number of aryl methyl sites for hydroxylation is 2. The molecule has 5 nitrogen and oxygen atoms in total. The van der Waals surface area contributed by atoms with E-state index in [-0.39, 0.29) is 0 Å². The Kier molecular flexibility index (Phi) is 3.69. The van der Waals surface area contributed by atoms with E-state index in [0.29, 0.717) is 11.0 Å². The van der Waals surface area contributed by atoms with E-state index in [0.717, 1.165) is 30.2 Å². The van der Waals surface area contributed by atoms with E-state index in [1.54, 1.807) is 0 Å². The third kappa shape index (κ3) is 2.31. The molecule has 1 unspecified atom stereocenters. The van der Waals surface area contributed by atoms with Gasteiger partial charge >= 0.3 is 0 Å². The summed E-state index contributed by atoms with van der Waals surface area (Å²) >= 11 is 5.21. The van der Waals surface area contributed by atoms with Crippen molar-refractivity contribution in [1.82, 2.24) is 14.7 Å². The molecule has 110 valence electrons. The lowest BCUT2D eigenvalue weighted by atomic mass is 10.2. The molecule has 0 saturated carbocycles. The number of rotatable bonds is 3. The van der Waals surface area contributed by atoms with Crippen LogP contribution < -0.4 is 10.6 Å². The number of likely N-dealkylation sites (tertiary alicyclic amines) is 1. The SMILES string of the molecule is Cc1nn(C)c(N2CCC(N3CCCC3)C2)c1C(N)=S. The number of nitrogens with two attached hydrogens (primary N) is 1. The van der Waals surface area contributed by atoms with Gasteiger partial charge in [0.05, 0.1) is 11.3 Å². The highest BCUT2D eigenvalue weighted by atomic mass is 32.1. The van der Waals surface area contributed by atoms with E-state index >= 15 is 0 Å². The van der Waals surface area contributed by atoms with E-state index in [1.807, 2.05) is 18.7 Å². The van der Waals surface area contributed by atoms with Gasteiger partial charge in [0.1, 0.15) is 10.8 Å². The van der Waals surface area contributed by atoms with Crippen LogP contribution in [0.3, 0.4) is 0 Å². The summed E-state index contributed by atoms with van der Waals surface area (Å²) in [5.74, 6) is 1.09. The van der Waals surface area contributed by atoms with Gasteiger partial charge in [-0.25, -0.2) is 0 Å². The average Bonchev–Trinajstić information content (AvgIpc) is 3.07. The highest BCUT2D eigenvalue weighted by Gasteiger charge is 2.32. The van der Waals surface area contributed by atoms with Crippen molar-refractivity contribution in [3.8, 4) is 0 Å². The van der Waals surface area contributed by atoms with Crippen molar-refractivity contribution in [3.63, 3.8) is 0 Å². The van der Waals surface area contributed by atoms with Crippen molar-refractivity contribution >= 4 is 23.0 Å². The van der Waals surface area contributed by atoms with Gasteiger partial charge in [0.25, 0.3) is 0 Å². The normalized spacial score (nSPS) is 23.7. The first-order valence-electron chi connectivity index (χ1n) is 7.40. The summed E-state index contributed by atoms with van der Waals surface area (Å²) in [5.41, 5.74) is 7.77. The Morgan fingerprint density at radius 3 is 2.65 bits per heavy atom. The van der Waals surface area contributed by atoms with Crippen molar-refractivity contribution in [1.29, 1.82) is 0 Å². The Bertz CT molecular complexity index is 518. The van der Waals surface area contributed by atoms with Crippen molar-refractivity contribution in [2.24, 2.45) is 12.8 Å². The van der Waals surface area contributed by atoms with Gasteiger partial charge in [-0.1, -0.05) is 12.2 Å². The first-order valence-corrected chi connectivity index (χ1v) is 7.81. The summed E-state index contributed by atoms with van der Waals surface area (Å²) in [7, 11) is 1.98. The predicted octanol–water partition coefficient (Wildman–Crippen LogP) is 1.04. The molecule has 0 aromatic carbocycles. The van der Waals surface area contributed by atoms with Gasteiger partial charge in [0.15, 0.2) is 0 Å². The molecule has 1 aromatic heterocycles. The Morgan fingerprint density at radius 2 is 2.00 bits per heavy atom. The molecule has 0 radical (unpaired) electrons. The molecule has 0 spiro atoms. The third-order valence-electron chi connectivity index (χ3n) is 4.56. The van der Waals surface area contributed by atoms with Gasteiger partial charge in [-0.05, 0) is 39.3 Å². The summed E-state index contributed by atoms with van der Waals surface area (Å²) in [4.78, 5) is 5.48. The van der Waals surface area contributed by atoms with Crippen LogP contribution in [-0.4, -0.2) is 51.9 Å². The van der Waals surface area contributed by atoms with Crippen LogP contribution in [0.25, 0.3) is 0 Å². The van der Waals surface area contributed by atoms with Crippen molar-refractivity contribution in [2.45, 2.75) is 32.2 Å². The van der Waals surface area contributed by atoms with Crippen LogP contribution >= 0.6 is 12.2 Å². The number of hydrogen-bond donors (Lipinski definition) is 1. The quantitative estimate of drug-likeness (QED) is 0.844. The van der Waals surface area contributed by atoms with E-state index < -0.39 is 0 Å². The molecule has 6 heteroatoms. The fraction of sp³-hybridized carbons (Fsp3) is 0.714. The molecule has 2 N–H and O–H groups in total. The molecule has 3 rings (SSSR count). The average molecular weight is 293 g/mol. The summed E-state index contributed by atoms with van der Waals surface area (Å²) in [6, 6.07) is 0.673. The molecular weight excluding hydrogens is 270 g/mol. The molecule has 1 aromatic rings. The van der Waals surface area contributed by atoms with Gasteiger partial charge < -0.3 is 10.6 Å². The fourth-order valence-electron chi connectivity index (χ4n) is 3.64. The maximum absolute atomic E-state index is 5.89. The molecule has 2 aliphatic heterocycles. The fourth-order valence-corrected chi connectivity index (χ4v) is 3.88. The molecule has 2 aliphatic rings. The van der Waals surface area contributed by atoms with Crippen LogP contribution in [0.1, 0.15) is 30.5 Å². The topological polar surface area (TPSA) is 50.3 Å². The van der Waals surface area contributed by atoms with Crippen molar-refractivity contribution < 1.29 is 0 Å². The molecule has 0 amide bonds. The van der Waals surface area contributed by atoms with Gasteiger partial charge in [0, 0.05) is 26.2 Å². The minimum absolute atomic E-state index is 0.454. The van der Waals surface area contributed by atoms with Crippen LogP contribution in [0.15, 0.2) is 0 Å². The van der Waals surface area contributed by atoms with Gasteiger partial charge in [0.2, 0.25) is 0 Å². The lowest BCUT2D eigenvalue weighted by molar-refractivity contribution is 0.260. The smallest absolute Gasteiger partial charge is 0.137 e. The van der Waals surface area contributed by atoms with Crippen LogP contribution in [0, 0.1) is 6.92 Å². The first-order chi connectivity index (χ1) is 9.58. The Balaban J connectivity index is 1.82. The Morgan fingerprint density at radius 1 is 1.30 bits per heavy atom. The second kappa shape index (κ2) is 5.33. The summed E-state index contributed by atoms with van der Waals surface area (Å²) < 4.78 is 1.93. The van der Waals surface area contributed by atoms with Crippen LogP contribution in [0.5, 0.6) is 0 Å². The Hall–Kier alpha value is -1.14. The second-order valence-corrected chi connectivity index (χ2v) is 6.34. The maximum atomic E-state index is 5.89. The lowest BCUT2D eigenvalue weighted by Crippen LogP contribution is -2.36. The minimum atomic E-state index is 0.454. The summed E-state index contributed by atoms with van der Waals surface area (Å²) in [6.45, 7) is 6.62. The zero-order valence-corrected chi connectivity index (χ0v) is 13.1. The molecular formula is C14H23N5S. The standard InChI is InChI=1S/C14H23N5S/c1-10-12(13(15)20)14(17(2)16-10)19-8-5-11(9-19)18-6-3-4-7-18/h11H,3-9H2,1-2H3,(H2,15,20). The number of anilines is 1. The zero-order chi connectivity index (χ0) is 14.3. The van der Waals surface area contributed by atoms with E-state index in [4.69, 9.17) is 18.0 Å². The van der Waals surface area contributed by atoms with Crippen LogP contribution in [0.2, 0.25) is 0 Å². The number of thiocarbonyl (C=S) groups is 1. The van der Waals surface area contributed by atoms with E-state index in [9.17, 15) is 0 Å². The van der Waals surface area contributed by atoms with E-state index in [1.165, 1.54) is 32.4 Å². The van der Waals surface area contributed by atoms with Crippen LogP contribution in [-0.2, 0) is 7.05 Å². The molecule has 3 heterocycles. The first kappa shape index (κ1) is 13.8. The van der Waals surface area contributed by atoms with E-state index in [2.05, 4.69) is 14.9 Å². The number of hydrogen-bond acceptors (Lipinski definition) is 4. The number of aromatic nitrogens is 2. The molecule has 2 fully saturated rings. The second-order valence-electron chi connectivity index (χ2n) is 5.90. The summed E-state index contributed by atoms with van der Waals surface area (Å²) in [5, 5.41) is 4.49. The predicted molar refractivity (Wildman–Crippen MR) is 85.3 cm³/mol. The zero-order valence-electron chi connectivity index (χ0n) is 12.3. The lowest BCUT2D eigenvalue weighted by Gasteiger charge is -2.25. The molecule has 2 saturated heterocycles. The van der Waals surface area contributed by atoms with Gasteiger partial charge in [-0.2, -0.15) is 5.10 Å². The molecule has 20 heavy (non-hydrogen) atoms. The van der Waals surface area contributed by atoms with Gasteiger partial charge in [-0.15, -0.1) is 0 Å². The monoisotopic (exact) mass is 293 g/mol. The minimum Gasteiger partial charge on any atom is -0.389 e. The molecule has 0 bridgehead atoms. The summed E-state index contributed by atoms with van der Waals surface area (Å²) in [6.07, 6.45) is 3.92. The van der Waals surface area contributed by atoms with Crippen molar-refractivity contribution in [2.75, 3.05) is 31.1 Å². The van der Waals surface area contributed by atoms with Gasteiger partial charge in [-0.3, -0.25) is 9.58 Å². The maximum Gasteiger partial charge on any atom is 0.137 e. The molecule has 1 atom stereocenters. The highest BCUT2D eigenvalue weighted by Crippen LogP contribution is 2.29.